The van der Waals surface area contributed by atoms with Crippen molar-refractivity contribution in [1.29, 1.82) is 0 Å². The molecule has 1 aromatic heterocycles. The van der Waals surface area contributed by atoms with Crippen LogP contribution in [0.2, 0.25) is 5.02 Å². The highest BCUT2D eigenvalue weighted by Crippen LogP contribution is 2.31. The van der Waals surface area contributed by atoms with Gasteiger partial charge >= 0.3 is 6.09 Å². The molecule has 0 aliphatic rings. The third-order valence-electron chi connectivity index (χ3n) is 2.37. The predicted octanol–water partition coefficient (Wildman–Crippen LogP) is 4.61. The number of ether oxygens (including phenoxy) is 1. The van der Waals surface area contributed by atoms with Crippen molar-refractivity contribution < 1.29 is 9.53 Å². The number of benzene rings is 1. The molecule has 102 valence electrons. The second-order valence-electron chi connectivity index (χ2n) is 5.26. The second kappa shape index (κ2) is 4.98. The van der Waals surface area contributed by atoms with E-state index in [2.05, 4.69) is 9.69 Å². The smallest absolute Gasteiger partial charge is 0.413 e. The summed E-state index contributed by atoms with van der Waals surface area (Å²) in [6, 6.07) is 3.76. The number of carbonyl (C=O) groups is 1. The van der Waals surface area contributed by atoms with E-state index in [9.17, 15) is 4.79 Å². The van der Waals surface area contributed by atoms with Crippen LogP contribution in [-0.4, -0.2) is 16.1 Å². The summed E-state index contributed by atoms with van der Waals surface area (Å²) in [6.45, 7) is 7.36. The molecular formula is C13H15ClN2O2S. The normalized spacial score (nSPS) is 11.6. The number of nitrogens with zero attached hydrogens (tertiary/aromatic N) is 1. The van der Waals surface area contributed by atoms with Crippen LogP contribution in [-0.2, 0) is 4.74 Å². The van der Waals surface area contributed by atoms with Gasteiger partial charge in [0, 0.05) is 10.4 Å². The first-order chi connectivity index (χ1) is 8.76. The number of nitrogens with one attached hydrogen (secondary N) is 1. The third-order valence-corrected chi connectivity index (χ3v) is 3.59. The number of aryl methyl sites for hydroxylation is 1. The summed E-state index contributed by atoms with van der Waals surface area (Å²) in [6.07, 6.45) is -0.507. The highest BCUT2D eigenvalue weighted by atomic mass is 35.5. The Bertz CT molecular complexity index is 631. The van der Waals surface area contributed by atoms with Crippen molar-refractivity contribution in [2.24, 2.45) is 0 Å². The zero-order valence-corrected chi connectivity index (χ0v) is 12.8. The molecule has 1 aromatic carbocycles. The monoisotopic (exact) mass is 298 g/mol. The molecule has 0 fully saturated rings. The molecule has 0 saturated carbocycles. The first-order valence-corrected chi connectivity index (χ1v) is 6.97. The Balaban J connectivity index is 2.27. The molecule has 4 nitrogen and oxygen atoms in total. The van der Waals surface area contributed by atoms with Gasteiger partial charge in [0.05, 0.1) is 4.70 Å². The molecule has 0 unspecified atom stereocenters. The summed E-state index contributed by atoms with van der Waals surface area (Å²) in [5.41, 5.74) is 0.413. The highest BCUT2D eigenvalue weighted by molar-refractivity contribution is 7.13. The molecule has 0 atom stereocenters. The van der Waals surface area contributed by atoms with Crippen LogP contribution in [0.25, 0.3) is 10.1 Å². The van der Waals surface area contributed by atoms with Crippen LogP contribution in [0.3, 0.4) is 0 Å². The van der Waals surface area contributed by atoms with Gasteiger partial charge in [0.1, 0.15) is 5.60 Å². The van der Waals surface area contributed by atoms with E-state index >= 15 is 0 Å². The molecule has 0 bridgehead atoms. The summed E-state index contributed by atoms with van der Waals surface area (Å²) >= 11 is 7.35. The van der Waals surface area contributed by atoms with E-state index in [0.29, 0.717) is 10.8 Å². The number of hydrogen-bond acceptors (Lipinski definition) is 4. The highest BCUT2D eigenvalue weighted by Gasteiger charge is 2.18. The molecule has 1 amide bonds. The van der Waals surface area contributed by atoms with Crippen molar-refractivity contribution in [2.75, 3.05) is 5.32 Å². The summed E-state index contributed by atoms with van der Waals surface area (Å²) in [4.78, 5) is 11.7. The molecule has 0 aliphatic carbocycles. The van der Waals surface area contributed by atoms with Gasteiger partial charge in [0.25, 0.3) is 0 Å². The molecule has 0 aliphatic heterocycles. The van der Waals surface area contributed by atoms with Crippen molar-refractivity contribution in [3.05, 3.63) is 22.7 Å². The Kier molecular flexibility index (Phi) is 3.69. The molecule has 0 saturated heterocycles. The van der Waals surface area contributed by atoms with Gasteiger partial charge in [-0.05, 0) is 56.9 Å². The topological polar surface area (TPSA) is 51.2 Å². The van der Waals surface area contributed by atoms with E-state index in [1.807, 2.05) is 39.8 Å². The quantitative estimate of drug-likeness (QED) is 0.836. The van der Waals surface area contributed by atoms with Gasteiger partial charge in [-0.15, -0.1) is 0 Å². The van der Waals surface area contributed by atoms with Gasteiger partial charge < -0.3 is 4.74 Å². The molecule has 2 rings (SSSR count). The lowest BCUT2D eigenvalue weighted by molar-refractivity contribution is 0.0635. The van der Waals surface area contributed by atoms with E-state index in [4.69, 9.17) is 16.3 Å². The van der Waals surface area contributed by atoms with Gasteiger partial charge in [0.15, 0.2) is 5.82 Å². The van der Waals surface area contributed by atoms with Crippen LogP contribution in [0.15, 0.2) is 12.1 Å². The van der Waals surface area contributed by atoms with E-state index < -0.39 is 11.7 Å². The Hall–Kier alpha value is -1.33. The molecule has 1 N–H and O–H groups in total. The van der Waals surface area contributed by atoms with Crippen molar-refractivity contribution in [2.45, 2.75) is 33.3 Å². The molecule has 6 heteroatoms. The van der Waals surface area contributed by atoms with Crippen LogP contribution in [0.4, 0.5) is 10.6 Å². The number of anilines is 1. The zero-order chi connectivity index (χ0) is 14.2. The van der Waals surface area contributed by atoms with Gasteiger partial charge in [0.2, 0.25) is 0 Å². The van der Waals surface area contributed by atoms with Crippen molar-refractivity contribution in [3.8, 4) is 0 Å². The van der Waals surface area contributed by atoms with Crippen molar-refractivity contribution >= 4 is 45.1 Å². The largest absolute Gasteiger partial charge is 0.444 e. The number of rotatable bonds is 1. The minimum atomic E-state index is -0.533. The van der Waals surface area contributed by atoms with Crippen LogP contribution in [0.1, 0.15) is 26.3 Å². The van der Waals surface area contributed by atoms with Crippen LogP contribution in [0.5, 0.6) is 0 Å². The van der Waals surface area contributed by atoms with Gasteiger partial charge in [-0.3, -0.25) is 5.32 Å². The molecule has 19 heavy (non-hydrogen) atoms. The lowest BCUT2D eigenvalue weighted by Crippen LogP contribution is -2.27. The van der Waals surface area contributed by atoms with Crippen LogP contribution in [0, 0.1) is 6.92 Å². The summed E-state index contributed by atoms with van der Waals surface area (Å²) in [5, 5.41) is 4.23. The van der Waals surface area contributed by atoms with Gasteiger partial charge in [-0.25, -0.2) is 4.79 Å². The number of carbonyl (C=O) groups excluding carboxylic acids is 1. The fraction of sp³-hybridized carbons (Fsp3) is 0.385. The second-order valence-corrected chi connectivity index (χ2v) is 6.47. The summed E-state index contributed by atoms with van der Waals surface area (Å²) in [5.74, 6) is 0.508. The first-order valence-electron chi connectivity index (χ1n) is 5.82. The van der Waals surface area contributed by atoms with Crippen molar-refractivity contribution in [1.82, 2.24) is 4.37 Å². The fourth-order valence-corrected chi connectivity index (χ4v) is 2.54. The number of aromatic nitrogens is 1. The molecular weight excluding hydrogens is 284 g/mol. The lowest BCUT2D eigenvalue weighted by atomic mass is 10.2. The van der Waals surface area contributed by atoms with Crippen LogP contribution >= 0.6 is 23.1 Å². The van der Waals surface area contributed by atoms with Gasteiger partial charge in [-0.2, -0.15) is 4.37 Å². The van der Waals surface area contributed by atoms with E-state index in [-0.39, 0.29) is 0 Å². The molecule has 0 radical (unpaired) electrons. The number of halogens is 1. The maximum absolute atomic E-state index is 11.7. The van der Waals surface area contributed by atoms with E-state index in [1.54, 1.807) is 0 Å². The van der Waals surface area contributed by atoms with Crippen molar-refractivity contribution in [3.63, 3.8) is 0 Å². The number of amides is 1. The lowest BCUT2D eigenvalue weighted by Gasteiger charge is -2.19. The van der Waals surface area contributed by atoms with E-state index in [0.717, 1.165) is 15.6 Å². The maximum Gasteiger partial charge on any atom is 0.413 e. The Morgan fingerprint density at radius 1 is 1.42 bits per heavy atom. The average Bonchev–Trinajstić information content (AvgIpc) is 2.59. The molecule has 2 aromatic rings. The molecule has 0 spiro atoms. The standard InChI is InChI=1S/C13H15ClN2O2S/c1-7-5-8-10(6-9(7)14)19-16-11(8)15-12(17)18-13(2,3)4/h5-6H,1-4H3,(H,15,16,17). The summed E-state index contributed by atoms with van der Waals surface area (Å²) < 4.78 is 10.4. The Morgan fingerprint density at radius 2 is 2.11 bits per heavy atom. The summed E-state index contributed by atoms with van der Waals surface area (Å²) in [7, 11) is 0. The van der Waals surface area contributed by atoms with E-state index in [1.165, 1.54) is 11.5 Å². The predicted molar refractivity (Wildman–Crippen MR) is 79.2 cm³/mol. The van der Waals surface area contributed by atoms with Gasteiger partial charge in [-0.1, -0.05) is 11.6 Å². The maximum atomic E-state index is 11.7. The minimum absolute atomic E-state index is 0.507. The fourth-order valence-electron chi connectivity index (χ4n) is 1.56. The number of fused-ring (bicyclic) bond motifs is 1. The Labute approximate surface area is 120 Å². The average molecular weight is 299 g/mol. The minimum Gasteiger partial charge on any atom is -0.444 e. The third kappa shape index (κ3) is 3.36. The number of hydrogen-bond donors (Lipinski definition) is 1. The Morgan fingerprint density at radius 3 is 2.74 bits per heavy atom. The molecule has 1 heterocycles. The first kappa shape index (κ1) is 14.1. The van der Waals surface area contributed by atoms with Crippen LogP contribution < -0.4 is 5.32 Å². The zero-order valence-electron chi connectivity index (χ0n) is 11.2. The SMILES string of the molecule is Cc1cc2c(NC(=O)OC(C)(C)C)nsc2cc1Cl.